The van der Waals surface area contributed by atoms with Crippen LogP contribution in [-0.4, -0.2) is 42.4 Å². The predicted octanol–water partition coefficient (Wildman–Crippen LogP) is 1.41. The molecule has 1 aromatic carbocycles. The number of nitro benzene ring substituents is 1. The Morgan fingerprint density at radius 2 is 2.16 bits per heavy atom. The van der Waals surface area contributed by atoms with Gasteiger partial charge in [-0.15, -0.1) is 0 Å². The maximum Gasteiger partial charge on any atom is 0.304 e. The lowest BCUT2D eigenvalue weighted by atomic mass is 10.2. The van der Waals surface area contributed by atoms with Gasteiger partial charge >= 0.3 is 5.69 Å². The molecule has 1 atom stereocenters. The van der Waals surface area contributed by atoms with Crippen molar-refractivity contribution in [1.82, 2.24) is 10.2 Å². The van der Waals surface area contributed by atoms with Gasteiger partial charge in [0.2, 0.25) is 5.82 Å². The molecule has 0 radical (unpaired) electrons. The fraction of sp³-hybridized carbons (Fsp3) is 0.417. The van der Waals surface area contributed by atoms with E-state index in [1.54, 1.807) is 0 Å². The quantitative estimate of drug-likeness (QED) is 0.648. The zero-order chi connectivity index (χ0) is 14.6. The Hall–Kier alpha value is -2.02. The van der Waals surface area contributed by atoms with Gasteiger partial charge in [0.05, 0.1) is 4.92 Å². The summed E-state index contributed by atoms with van der Waals surface area (Å²) in [4.78, 5) is 23.3. The molecule has 0 aliphatic rings. The summed E-state index contributed by atoms with van der Waals surface area (Å²) >= 11 is 0. The molecule has 1 rings (SSSR count). The SMILES string of the molecule is CC(CNC(=O)c1ccc([N+](=O)[O-])c(F)c1)N(C)C. The van der Waals surface area contributed by atoms with Crippen molar-refractivity contribution in [2.75, 3.05) is 20.6 Å². The summed E-state index contributed by atoms with van der Waals surface area (Å²) in [5.74, 6) is -1.47. The highest BCUT2D eigenvalue weighted by atomic mass is 19.1. The fourth-order valence-corrected chi connectivity index (χ4v) is 1.32. The monoisotopic (exact) mass is 269 g/mol. The molecule has 1 aromatic rings. The normalized spacial score (nSPS) is 12.3. The Morgan fingerprint density at radius 3 is 2.63 bits per heavy atom. The minimum atomic E-state index is -1.02. The molecule has 0 bridgehead atoms. The molecular formula is C12H16FN3O3. The molecular weight excluding hydrogens is 253 g/mol. The second-order valence-corrected chi connectivity index (χ2v) is 4.45. The zero-order valence-corrected chi connectivity index (χ0v) is 11.0. The molecule has 104 valence electrons. The number of amides is 1. The Balaban J connectivity index is 2.73. The van der Waals surface area contributed by atoms with Crippen molar-refractivity contribution in [3.8, 4) is 0 Å². The van der Waals surface area contributed by atoms with Gasteiger partial charge < -0.3 is 10.2 Å². The first kappa shape index (κ1) is 15.0. The maximum atomic E-state index is 13.4. The molecule has 6 nitrogen and oxygen atoms in total. The van der Waals surface area contributed by atoms with Crippen molar-refractivity contribution >= 4 is 11.6 Å². The summed E-state index contributed by atoms with van der Waals surface area (Å²) in [6.07, 6.45) is 0. The van der Waals surface area contributed by atoms with Gasteiger partial charge in [-0.1, -0.05) is 0 Å². The van der Waals surface area contributed by atoms with E-state index in [4.69, 9.17) is 0 Å². The number of nitro groups is 1. The number of nitrogens with one attached hydrogen (secondary N) is 1. The maximum absolute atomic E-state index is 13.4. The van der Waals surface area contributed by atoms with Crippen molar-refractivity contribution in [3.63, 3.8) is 0 Å². The zero-order valence-electron chi connectivity index (χ0n) is 11.0. The number of rotatable bonds is 5. The summed E-state index contributed by atoms with van der Waals surface area (Å²) in [5, 5.41) is 13.1. The van der Waals surface area contributed by atoms with Crippen LogP contribution in [0.1, 0.15) is 17.3 Å². The molecule has 0 spiro atoms. The highest BCUT2D eigenvalue weighted by molar-refractivity contribution is 5.94. The highest BCUT2D eigenvalue weighted by Crippen LogP contribution is 2.17. The summed E-state index contributed by atoms with van der Waals surface area (Å²) in [7, 11) is 3.75. The molecule has 0 aliphatic heterocycles. The van der Waals surface area contributed by atoms with Crippen molar-refractivity contribution < 1.29 is 14.1 Å². The van der Waals surface area contributed by atoms with Crippen LogP contribution in [0.15, 0.2) is 18.2 Å². The minimum Gasteiger partial charge on any atom is -0.350 e. The van der Waals surface area contributed by atoms with E-state index >= 15 is 0 Å². The van der Waals surface area contributed by atoms with Gasteiger partial charge in [-0.05, 0) is 33.2 Å². The van der Waals surface area contributed by atoms with Gasteiger partial charge in [-0.3, -0.25) is 14.9 Å². The lowest BCUT2D eigenvalue weighted by molar-refractivity contribution is -0.387. The van der Waals surface area contributed by atoms with E-state index in [0.29, 0.717) is 6.54 Å². The molecule has 0 heterocycles. The molecule has 19 heavy (non-hydrogen) atoms. The number of carbonyl (C=O) groups excluding carboxylic acids is 1. The Bertz CT molecular complexity index is 491. The first-order valence-corrected chi connectivity index (χ1v) is 5.71. The Morgan fingerprint density at radius 1 is 1.53 bits per heavy atom. The van der Waals surface area contributed by atoms with Crippen LogP contribution in [0.5, 0.6) is 0 Å². The number of likely N-dealkylation sites (N-methyl/N-ethyl adjacent to an activating group) is 1. The third-order valence-electron chi connectivity index (χ3n) is 2.85. The molecule has 0 aromatic heterocycles. The van der Waals surface area contributed by atoms with E-state index in [1.165, 1.54) is 6.07 Å². The first-order valence-electron chi connectivity index (χ1n) is 5.71. The van der Waals surface area contributed by atoms with Gasteiger partial charge in [0.15, 0.2) is 0 Å². The lowest BCUT2D eigenvalue weighted by Gasteiger charge is -2.19. The van der Waals surface area contributed by atoms with Crippen molar-refractivity contribution in [2.24, 2.45) is 0 Å². The molecule has 7 heteroatoms. The Kier molecular flexibility index (Phi) is 4.94. The molecule has 1 unspecified atom stereocenters. The van der Waals surface area contributed by atoms with Crippen molar-refractivity contribution in [3.05, 3.63) is 39.7 Å². The van der Waals surface area contributed by atoms with Crippen molar-refractivity contribution in [1.29, 1.82) is 0 Å². The van der Waals surface area contributed by atoms with Crippen LogP contribution in [0, 0.1) is 15.9 Å². The van der Waals surface area contributed by atoms with Gasteiger partial charge in [0.1, 0.15) is 0 Å². The third-order valence-corrected chi connectivity index (χ3v) is 2.85. The van der Waals surface area contributed by atoms with Crippen LogP contribution in [0.3, 0.4) is 0 Å². The number of halogens is 1. The molecule has 0 saturated carbocycles. The fourth-order valence-electron chi connectivity index (χ4n) is 1.32. The van der Waals surface area contributed by atoms with Gasteiger partial charge in [0.25, 0.3) is 5.91 Å². The summed E-state index contributed by atoms with van der Waals surface area (Å²) in [6.45, 7) is 2.33. The average Bonchev–Trinajstić information content (AvgIpc) is 2.34. The number of hydrogen-bond donors (Lipinski definition) is 1. The van der Waals surface area contributed by atoms with Crippen molar-refractivity contribution in [2.45, 2.75) is 13.0 Å². The molecule has 1 N–H and O–H groups in total. The smallest absolute Gasteiger partial charge is 0.304 e. The van der Waals surface area contributed by atoms with Gasteiger partial charge in [-0.2, -0.15) is 4.39 Å². The van der Waals surface area contributed by atoms with Crippen LogP contribution in [-0.2, 0) is 0 Å². The largest absolute Gasteiger partial charge is 0.350 e. The van der Waals surface area contributed by atoms with Gasteiger partial charge in [0, 0.05) is 24.2 Å². The summed E-state index contributed by atoms with van der Waals surface area (Å²) < 4.78 is 13.4. The van der Waals surface area contributed by atoms with Gasteiger partial charge in [-0.25, -0.2) is 0 Å². The average molecular weight is 269 g/mol. The third kappa shape index (κ3) is 3.99. The first-order chi connectivity index (χ1) is 8.82. The number of carbonyl (C=O) groups is 1. The van der Waals surface area contributed by atoms with Crippen LogP contribution >= 0.6 is 0 Å². The standard InChI is InChI=1S/C12H16FN3O3/c1-8(15(2)3)7-14-12(17)9-4-5-11(16(18)19)10(13)6-9/h4-6,8H,7H2,1-3H3,(H,14,17). The highest BCUT2D eigenvalue weighted by Gasteiger charge is 2.17. The van der Waals surface area contributed by atoms with E-state index in [-0.39, 0.29) is 11.6 Å². The predicted molar refractivity (Wildman–Crippen MR) is 68.5 cm³/mol. The summed E-state index contributed by atoms with van der Waals surface area (Å²) in [5.41, 5.74) is -0.577. The van der Waals surface area contributed by atoms with E-state index in [0.717, 1.165) is 12.1 Å². The number of benzene rings is 1. The van der Waals surface area contributed by atoms with E-state index in [1.807, 2.05) is 25.9 Å². The van der Waals surface area contributed by atoms with Crippen LogP contribution in [0.4, 0.5) is 10.1 Å². The molecule has 0 saturated heterocycles. The molecule has 0 fully saturated rings. The summed E-state index contributed by atoms with van der Waals surface area (Å²) in [6, 6.07) is 3.22. The minimum absolute atomic E-state index is 0.0639. The van der Waals surface area contributed by atoms with Crippen LogP contribution in [0.2, 0.25) is 0 Å². The molecule has 0 aliphatic carbocycles. The van der Waals surface area contributed by atoms with E-state index in [2.05, 4.69) is 5.32 Å². The number of nitrogens with zero attached hydrogens (tertiary/aromatic N) is 2. The van der Waals surface area contributed by atoms with E-state index < -0.39 is 22.3 Å². The molecule has 1 amide bonds. The Labute approximate surface area is 110 Å². The van der Waals surface area contributed by atoms with Crippen LogP contribution in [0.25, 0.3) is 0 Å². The second kappa shape index (κ2) is 6.24. The van der Waals surface area contributed by atoms with E-state index in [9.17, 15) is 19.3 Å². The topological polar surface area (TPSA) is 75.5 Å². The lowest BCUT2D eigenvalue weighted by Crippen LogP contribution is -2.38. The number of hydrogen-bond acceptors (Lipinski definition) is 4. The second-order valence-electron chi connectivity index (χ2n) is 4.45. The van der Waals surface area contributed by atoms with Crippen LogP contribution < -0.4 is 5.32 Å².